The molecule has 90 valence electrons. The first-order valence-corrected chi connectivity index (χ1v) is 5.94. The molecule has 1 N–H and O–H groups in total. The fourth-order valence-corrected chi connectivity index (χ4v) is 1.96. The topological polar surface area (TPSA) is 36.9 Å². The molecule has 0 aliphatic heterocycles. The molecule has 0 radical (unpaired) electrons. The van der Waals surface area contributed by atoms with Gasteiger partial charge in [0.05, 0.1) is 0 Å². The van der Waals surface area contributed by atoms with Crippen LogP contribution in [-0.2, 0) is 13.6 Å². The Kier molecular flexibility index (Phi) is 3.49. The summed E-state index contributed by atoms with van der Waals surface area (Å²) in [6.45, 7) is 0.688. The molecule has 0 aliphatic rings. The Labute approximate surface area is 110 Å². The number of anilines is 1. The number of benzene rings is 1. The largest absolute Gasteiger partial charge is 0.340 e. The lowest BCUT2D eigenvalue weighted by molar-refractivity contribution is 0.801. The molecule has 1 aromatic carbocycles. The predicted molar refractivity (Wildman–Crippen MR) is 72.0 cm³/mol. The van der Waals surface area contributed by atoms with Gasteiger partial charge in [-0.25, -0.2) is 5.10 Å². The molecular weight excluding hydrogens is 256 g/mol. The summed E-state index contributed by atoms with van der Waals surface area (Å²) in [7, 11) is 3.83. The van der Waals surface area contributed by atoms with Crippen molar-refractivity contribution in [3.63, 3.8) is 0 Å². The second kappa shape index (κ2) is 4.89. The highest BCUT2D eigenvalue weighted by atomic mass is 35.5. The number of H-pyrrole nitrogens is 1. The van der Waals surface area contributed by atoms with E-state index in [0.717, 1.165) is 16.5 Å². The molecule has 1 aromatic heterocycles. The van der Waals surface area contributed by atoms with Crippen LogP contribution in [0.1, 0.15) is 5.56 Å². The van der Waals surface area contributed by atoms with E-state index in [4.69, 9.17) is 23.8 Å². The molecule has 0 aliphatic carbocycles. The Morgan fingerprint density at radius 1 is 1.47 bits per heavy atom. The predicted octanol–water partition coefficient (Wildman–Crippen LogP) is 2.77. The number of rotatable bonds is 3. The number of hydrogen-bond acceptors (Lipinski definition) is 3. The van der Waals surface area contributed by atoms with E-state index in [9.17, 15) is 0 Å². The minimum atomic E-state index is 0.603. The van der Waals surface area contributed by atoms with E-state index in [2.05, 4.69) is 10.2 Å². The Balaban J connectivity index is 2.23. The third-order valence-electron chi connectivity index (χ3n) is 2.56. The summed E-state index contributed by atoms with van der Waals surface area (Å²) in [5.41, 5.74) is 1.06. The van der Waals surface area contributed by atoms with E-state index in [1.54, 1.807) is 0 Å². The molecule has 0 saturated heterocycles. The lowest BCUT2D eigenvalue weighted by atomic mass is 10.2. The van der Waals surface area contributed by atoms with E-state index in [1.165, 1.54) is 0 Å². The highest BCUT2D eigenvalue weighted by Gasteiger charge is 2.10. The van der Waals surface area contributed by atoms with Crippen LogP contribution in [0.3, 0.4) is 0 Å². The second-order valence-electron chi connectivity index (χ2n) is 3.84. The zero-order valence-corrected chi connectivity index (χ0v) is 11.2. The van der Waals surface area contributed by atoms with Gasteiger partial charge in [0, 0.05) is 25.7 Å². The Hall–Kier alpha value is -1.33. The van der Waals surface area contributed by atoms with Crippen molar-refractivity contribution in [2.24, 2.45) is 7.05 Å². The Bertz CT molecular complexity index is 575. The van der Waals surface area contributed by atoms with Crippen LogP contribution in [0.5, 0.6) is 0 Å². The fraction of sp³-hybridized carbons (Fsp3) is 0.273. The Morgan fingerprint density at radius 2 is 2.18 bits per heavy atom. The fourth-order valence-electron chi connectivity index (χ4n) is 1.63. The summed E-state index contributed by atoms with van der Waals surface area (Å²) in [6.07, 6.45) is 0. The van der Waals surface area contributed by atoms with Gasteiger partial charge in [-0.2, -0.15) is 0 Å². The van der Waals surface area contributed by atoms with Crippen LogP contribution in [0.15, 0.2) is 24.3 Å². The van der Waals surface area contributed by atoms with Gasteiger partial charge in [-0.1, -0.05) is 29.8 Å². The van der Waals surface area contributed by atoms with Crippen LogP contribution in [0, 0.1) is 4.77 Å². The van der Waals surface area contributed by atoms with E-state index < -0.39 is 0 Å². The van der Waals surface area contributed by atoms with Crippen LogP contribution in [0.4, 0.5) is 5.95 Å². The first kappa shape index (κ1) is 12.1. The van der Waals surface area contributed by atoms with Crippen molar-refractivity contribution in [1.82, 2.24) is 14.8 Å². The number of aromatic nitrogens is 3. The number of nitrogens with zero attached hydrogens (tertiary/aromatic N) is 3. The zero-order valence-electron chi connectivity index (χ0n) is 9.64. The van der Waals surface area contributed by atoms with Crippen LogP contribution in [-0.4, -0.2) is 21.8 Å². The van der Waals surface area contributed by atoms with E-state index in [0.29, 0.717) is 11.3 Å². The summed E-state index contributed by atoms with van der Waals surface area (Å²) in [5, 5.41) is 7.69. The molecule has 6 heteroatoms. The first-order chi connectivity index (χ1) is 8.09. The van der Waals surface area contributed by atoms with Crippen molar-refractivity contribution < 1.29 is 0 Å². The monoisotopic (exact) mass is 268 g/mol. The standard InChI is InChI=1S/C11H13ClN4S/c1-15(10-13-14-11(17)16(10)2)7-8-5-3-4-6-9(8)12/h3-6H,7H2,1-2H3,(H,14,17). The number of halogens is 1. The van der Waals surface area contributed by atoms with E-state index in [-0.39, 0.29) is 0 Å². The molecule has 0 atom stereocenters. The van der Waals surface area contributed by atoms with Gasteiger partial charge in [0.15, 0.2) is 4.77 Å². The van der Waals surface area contributed by atoms with Crippen LogP contribution in [0.25, 0.3) is 0 Å². The quantitative estimate of drug-likeness (QED) is 0.870. The van der Waals surface area contributed by atoms with Gasteiger partial charge in [0.2, 0.25) is 5.95 Å². The van der Waals surface area contributed by atoms with Crippen LogP contribution >= 0.6 is 23.8 Å². The zero-order chi connectivity index (χ0) is 12.4. The summed E-state index contributed by atoms with van der Waals surface area (Å²) < 4.78 is 2.43. The average molecular weight is 269 g/mol. The minimum absolute atomic E-state index is 0.603. The van der Waals surface area contributed by atoms with Gasteiger partial charge in [0.1, 0.15) is 0 Å². The van der Waals surface area contributed by atoms with E-state index >= 15 is 0 Å². The number of aromatic amines is 1. The molecule has 0 bridgehead atoms. The summed E-state index contributed by atoms with van der Waals surface area (Å²) in [5.74, 6) is 0.787. The SMILES string of the molecule is CN(Cc1ccccc1Cl)c1n[nH]c(=S)n1C. The highest BCUT2D eigenvalue weighted by Crippen LogP contribution is 2.18. The molecule has 0 amide bonds. The Morgan fingerprint density at radius 3 is 2.76 bits per heavy atom. The van der Waals surface area contributed by atoms with E-state index in [1.807, 2.05) is 47.8 Å². The molecular formula is C11H13ClN4S. The summed E-state index contributed by atoms with van der Waals surface area (Å²) in [4.78, 5) is 1.99. The summed E-state index contributed by atoms with van der Waals surface area (Å²) >= 11 is 11.2. The maximum Gasteiger partial charge on any atom is 0.225 e. The average Bonchev–Trinajstić information content (AvgIpc) is 2.63. The highest BCUT2D eigenvalue weighted by molar-refractivity contribution is 7.71. The van der Waals surface area contributed by atoms with Gasteiger partial charge >= 0.3 is 0 Å². The molecule has 1 heterocycles. The van der Waals surface area contributed by atoms with Crippen molar-refractivity contribution >= 4 is 29.8 Å². The smallest absolute Gasteiger partial charge is 0.225 e. The van der Waals surface area contributed by atoms with Gasteiger partial charge in [-0.3, -0.25) is 4.57 Å². The number of hydrogen-bond donors (Lipinski definition) is 1. The van der Waals surface area contributed by atoms with Crippen LogP contribution < -0.4 is 4.90 Å². The molecule has 17 heavy (non-hydrogen) atoms. The third kappa shape index (κ3) is 2.50. The number of nitrogens with one attached hydrogen (secondary N) is 1. The molecule has 0 unspecified atom stereocenters. The van der Waals surface area contributed by atoms with Gasteiger partial charge in [-0.05, 0) is 23.8 Å². The van der Waals surface area contributed by atoms with Gasteiger partial charge in [-0.15, -0.1) is 5.10 Å². The van der Waals surface area contributed by atoms with Crippen molar-refractivity contribution in [2.45, 2.75) is 6.54 Å². The molecule has 2 rings (SSSR count). The molecule has 0 saturated carbocycles. The lowest BCUT2D eigenvalue weighted by Gasteiger charge is -2.18. The van der Waals surface area contributed by atoms with Crippen molar-refractivity contribution in [2.75, 3.05) is 11.9 Å². The third-order valence-corrected chi connectivity index (χ3v) is 3.30. The molecule has 2 aromatic rings. The minimum Gasteiger partial charge on any atom is -0.340 e. The first-order valence-electron chi connectivity index (χ1n) is 5.15. The molecule has 0 fully saturated rings. The van der Waals surface area contributed by atoms with Crippen LogP contribution in [0.2, 0.25) is 5.02 Å². The van der Waals surface area contributed by atoms with Gasteiger partial charge < -0.3 is 4.90 Å². The molecule has 0 spiro atoms. The summed E-state index contributed by atoms with van der Waals surface area (Å²) in [6, 6.07) is 7.77. The molecule has 4 nitrogen and oxygen atoms in total. The maximum atomic E-state index is 6.12. The second-order valence-corrected chi connectivity index (χ2v) is 4.63. The normalized spacial score (nSPS) is 10.5. The van der Waals surface area contributed by atoms with Crippen molar-refractivity contribution in [3.05, 3.63) is 39.6 Å². The van der Waals surface area contributed by atoms with Crippen molar-refractivity contribution in [1.29, 1.82) is 0 Å². The van der Waals surface area contributed by atoms with Crippen molar-refractivity contribution in [3.8, 4) is 0 Å². The maximum absolute atomic E-state index is 6.12. The lowest BCUT2D eigenvalue weighted by Crippen LogP contribution is -2.20. The van der Waals surface area contributed by atoms with Gasteiger partial charge in [0.25, 0.3) is 0 Å².